The molecule has 0 spiro atoms. The van der Waals surface area contributed by atoms with Crippen LogP contribution in [0.3, 0.4) is 0 Å². The first-order valence-corrected chi connectivity index (χ1v) is 6.57. The summed E-state index contributed by atoms with van der Waals surface area (Å²) in [4.78, 5) is 8.12. The lowest BCUT2D eigenvalue weighted by atomic mass is 10.2. The number of nitrogens with zero attached hydrogens (tertiary/aromatic N) is 2. The lowest BCUT2D eigenvalue weighted by molar-refractivity contribution is 1.07. The molecule has 0 amide bonds. The smallest absolute Gasteiger partial charge is 0.143 e. The Balaban J connectivity index is 2.05. The van der Waals surface area contributed by atoms with Gasteiger partial charge in [-0.1, -0.05) is 28.1 Å². The van der Waals surface area contributed by atoms with Crippen LogP contribution in [0.4, 0.5) is 5.82 Å². The molecule has 0 saturated carbocycles. The van der Waals surface area contributed by atoms with E-state index in [1.807, 2.05) is 12.1 Å². The van der Waals surface area contributed by atoms with Crippen molar-refractivity contribution in [3.8, 4) is 0 Å². The van der Waals surface area contributed by atoms with E-state index in [0.29, 0.717) is 0 Å². The summed E-state index contributed by atoms with van der Waals surface area (Å²) < 4.78 is 2.11. The Kier molecular flexibility index (Phi) is 4.11. The number of anilines is 1. The molecule has 1 heterocycles. The molecule has 0 radical (unpaired) electrons. The van der Waals surface area contributed by atoms with Crippen LogP contribution in [0, 0.1) is 3.57 Å². The van der Waals surface area contributed by atoms with Crippen LogP contribution in [0.15, 0.2) is 41.3 Å². The number of aromatic nitrogens is 2. The molecule has 3 nitrogen and oxygen atoms in total. The van der Waals surface area contributed by atoms with Gasteiger partial charge in [-0.15, -0.1) is 0 Å². The van der Waals surface area contributed by atoms with Crippen molar-refractivity contribution in [3.63, 3.8) is 0 Å². The third-order valence-electron chi connectivity index (χ3n) is 2.02. The summed E-state index contributed by atoms with van der Waals surface area (Å²) in [6.07, 6.45) is 3.34. The first-order valence-electron chi connectivity index (χ1n) is 4.69. The zero-order valence-electron chi connectivity index (χ0n) is 8.32. The van der Waals surface area contributed by atoms with E-state index in [2.05, 4.69) is 65.9 Å². The average Bonchev–Trinajstić information content (AvgIpc) is 2.28. The SMILES string of the molecule is Brc1cccc(CNc2ncncc2I)c1. The van der Waals surface area contributed by atoms with Crippen molar-refractivity contribution < 1.29 is 0 Å². The molecular weight excluding hydrogens is 381 g/mol. The molecule has 0 saturated heterocycles. The van der Waals surface area contributed by atoms with Crippen molar-refractivity contribution >= 4 is 44.3 Å². The first-order chi connectivity index (χ1) is 7.75. The molecule has 2 rings (SSSR count). The molecule has 0 aliphatic rings. The lowest BCUT2D eigenvalue weighted by Gasteiger charge is -2.06. The van der Waals surface area contributed by atoms with Crippen molar-refractivity contribution in [2.45, 2.75) is 6.54 Å². The quantitative estimate of drug-likeness (QED) is 0.817. The maximum atomic E-state index is 4.17. The van der Waals surface area contributed by atoms with Crippen LogP contribution in [0.25, 0.3) is 0 Å². The van der Waals surface area contributed by atoms with E-state index in [4.69, 9.17) is 0 Å². The lowest BCUT2D eigenvalue weighted by Crippen LogP contribution is -2.03. The van der Waals surface area contributed by atoms with Gasteiger partial charge >= 0.3 is 0 Å². The van der Waals surface area contributed by atoms with Crippen LogP contribution in [0.1, 0.15) is 5.56 Å². The molecule has 0 bridgehead atoms. The summed E-state index contributed by atoms with van der Waals surface area (Å²) in [6.45, 7) is 0.756. The molecule has 82 valence electrons. The predicted octanol–water partition coefficient (Wildman–Crippen LogP) is 3.46. The summed E-state index contributed by atoms with van der Waals surface area (Å²) in [6, 6.07) is 8.19. The molecule has 1 aromatic heterocycles. The summed E-state index contributed by atoms with van der Waals surface area (Å²) in [5.74, 6) is 0.871. The Morgan fingerprint density at radius 1 is 1.38 bits per heavy atom. The van der Waals surface area contributed by atoms with Crippen molar-refractivity contribution in [2.24, 2.45) is 0 Å². The van der Waals surface area contributed by atoms with Gasteiger partial charge in [-0.2, -0.15) is 0 Å². The van der Waals surface area contributed by atoms with Gasteiger partial charge in [0.25, 0.3) is 0 Å². The molecule has 16 heavy (non-hydrogen) atoms. The number of rotatable bonds is 3. The van der Waals surface area contributed by atoms with Gasteiger partial charge in [0.05, 0.1) is 3.57 Å². The van der Waals surface area contributed by atoms with Crippen LogP contribution in [0.2, 0.25) is 0 Å². The monoisotopic (exact) mass is 389 g/mol. The maximum Gasteiger partial charge on any atom is 0.143 e. The largest absolute Gasteiger partial charge is 0.365 e. The Morgan fingerprint density at radius 3 is 3.00 bits per heavy atom. The highest BCUT2D eigenvalue weighted by Crippen LogP contribution is 2.15. The minimum absolute atomic E-state index is 0.756. The Labute approximate surface area is 116 Å². The minimum atomic E-state index is 0.756. The second-order valence-corrected chi connectivity index (χ2v) is 5.28. The molecule has 5 heteroatoms. The Hall–Kier alpha value is -0.690. The fraction of sp³-hybridized carbons (Fsp3) is 0.0909. The van der Waals surface area contributed by atoms with Gasteiger partial charge in [-0.25, -0.2) is 9.97 Å². The third kappa shape index (κ3) is 3.15. The molecule has 2 aromatic rings. The Morgan fingerprint density at radius 2 is 2.25 bits per heavy atom. The van der Waals surface area contributed by atoms with E-state index < -0.39 is 0 Å². The van der Waals surface area contributed by atoms with Gasteiger partial charge in [0.15, 0.2) is 0 Å². The second kappa shape index (κ2) is 5.58. The number of benzene rings is 1. The van der Waals surface area contributed by atoms with Gasteiger partial charge in [0.1, 0.15) is 12.1 Å². The van der Waals surface area contributed by atoms with E-state index in [1.54, 1.807) is 12.5 Å². The molecule has 0 aliphatic heterocycles. The molecule has 0 unspecified atom stereocenters. The van der Waals surface area contributed by atoms with Gasteiger partial charge < -0.3 is 5.32 Å². The van der Waals surface area contributed by atoms with Gasteiger partial charge in [0, 0.05) is 17.2 Å². The second-order valence-electron chi connectivity index (χ2n) is 3.20. The molecule has 0 fully saturated rings. The van der Waals surface area contributed by atoms with E-state index >= 15 is 0 Å². The highest BCUT2D eigenvalue weighted by Gasteiger charge is 2.00. The fourth-order valence-corrected chi connectivity index (χ4v) is 2.21. The fourth-order valence-electron chi connectivity index (χ4n) is 1.28. The summed E-state index contributed by atoms with van der Waals surface area (Å²) in [7, 11) is 0. The molecule has 1 N–H and O–H groups in total. The summed E-state index contributed by atoms with van der Waals surface area (Å²) in [5, 5.41) is 3.28. The zero-order valence-corrected chi connectivity index (χ0v) is 12.1. The normalized spacial score (nSPS) is 10.1. The van der Waals surface area contributed by atoms with Gasteiger partial charge in [-0.05, 0) is 40.3 Å². The first kappa shape index (κ1) is 11.8. The van der Waals surface area contributed by atoms with E-state index in [-0.39, 0.29) is 0 Å². The molecule has 1 aromatic carbocycles. The van der Waals surface area contributed by atoms with Crippen molar-refractivity contribution in [2.75, 3.05) is 5.32 Å². The minimum Gasteiger partial charge on any atom is -0.365 e. The van der Waals surface area contributed by atoms with Gasteiger partial charge in [-0.3, -0.25) is 0 Å². The van der Waals surface area contributed by atoms with Crippen molar-refractivity contribution in [3.05, 3.63) is 50.4 Å². The van der Waals surface area contributed by atoms with E-state index in [9.17, 15) is 0 Å². The Bertz CT molecular complexity index is 490. The molecule has 0 aliphatic carbocycles. The van der Waals surface area contributed by atoms with Crippen LogP contribution >= 0.6 is 38.5 Å². The standard InChI is InChI=1S/C11H9BrIN3/c12-9-3-1-2-8(4-9)5-15-11-10(13)6-14-7-16-11/h1-4,6-7H,5H2,(H,14,15,16). The number of hydrogen-bond donors (Lipinski definition) is 1. The predicted molar refractivity (Wildman–Crippen MR) is 76.2 cm³/mol. The van der Waals surface area contributed by atoms with Crippen molar-refractivity contribution in [1.82, 2.24) is 9.97 Å². The van der Waals surface area contributed by atoms with Crippen LogP contribution < -0.4 is 5.32 Å². The topological polar surface area (TPSA) is 37.8 Å². The third-order valence-corrected chi connectivity index (χ3v) is 3.30. The van der Waals surface area contributed by atoms with E-state index in [0.717, 1.165) is 20.4 Å². The van der Waals surface area contributed by atoms with Crippen LogP contribution in [-0.2, 0) is 6.54 Å². The van der Waals surface area contributed by atoms with Crippen LogP contribution in [0.5, 0.6) is 0 Å². The average molecular weight is 390 g/mol. The molecular formula is C11H9BrIN3. The molecule has 0 atom stereocenters. The highest BCUT2D eigenvalue weighted by molar-refractivity contribution is 14.1. The van der Waals surface area contributed by atoms with Gasteiger partial charge in [0.2, 0.25) is 0 Å². The highest BCUT2D eigenvalue weighted by atomic mass is 127. The number of halogens is 2. The summed E-state index contributed by atoms with van der Waals surface area (Å²) >= 11 is 5.66. The van der Waals surface area contributed by atoms with Crippen LogP contribution in [-0.4, -0.2) is 9.97 Å². The maximum absolute atomic E-state index is 4.17. The van der Waals surface area contributed by atoms with E-state index in [1.165, 1.54) is 5.56 Å². The summed E-state index contributed by atoms with van der Waals surface area (Å²) in [5.41, 5.74) is 1.21. The number of nitrogens with one attached hydrogen (secondary N) is 1. The zero-order chi connectivity index (χ0) is 11.4. The van der Waals surface area contributed by atoms with Crippen molar-refractivity contribution in [1.29, 1.82) is 0 Å². The number of hydrogen-bond acceptors (Lipinski definition) is 3.